The fraction of sp³-hybridized carbons (Fsp3) is 0.706. The Morgan fingerprint density at radius 3 is 1.30 bits per heavy atom. The number of halogens is 1. The molecule has 20 heavy (non-hydrogen) atoms. The minimum absolute atomic E-state index is 0. The predicted octanol–water partition coefficient (Wildman–Crippen LogP) is 6.38. The maximum Gasteiger partial charge on any atom is 0.107 e. The third-order valence-electron chi connectivity index (χ3n) is 2.12. The molecule has 1 rings (SSSR count). The van der Waals surface area contributed by atoms with Gasteiger partial charge < -0.3 is 5.32 Å². The van der Waals surface area contributed by atoms with E-state index in [2.05, 4.69) is 52.6 Å². The second-order valence-electron chi connectivity index (χ2n) is 4.14. The topological polar surface area (TPSA) is 12.0 Å². The van der Waals surface area contributed by atoms with E-state index in [1.165, 1.54) is 38.5 Å². The minimum Gasteiger partial charge on any atom is -0.346 e. The first-order valence-corrected chi connectivity index (χ1v) is 8.05. The van der Waals surface area contributed by atoms with E-state index in [9.17, 15) is 0 Å². The molecule has 0 bridgehead atoms. The zero-order chi connectivity index (χ0) is 15.4. The third-order valence-corrected chi connectivity index (χ3v) is 2.35. The summed E-state index contributed by atoms with van der Waals surface area (Å²) in [6.45, 7) is 13.1. The fourth-order valence-corrected chi connectivity index (χ4v) is 0.446. The minimum atomic E-state index is 0. The first-order valence-electron chi connectivity index (χ1n) is 7.67. The number of allylic oxidation sites excluding steroid dienone is 2. The van der Waals surface area contributed by atoms with Crippen molar-refractivity contribution >= 4 is 35.5 Å². The Morgan fingerprint density at radius 1 is 0.850 bits per heavy atom. The van der Waals surface area contributed by atoms with Crippen molar-refractivity contribution in [2.45, 2.75) is 80.1 Å². The van der Waals surface area contributed by atoms with Crippen LogP contribution in [-0.4, -0.2) is 23.9 Å². The summed E-state index contributed by atoms with van der Waals surface area (Å²) >= 11 is 5.46. The van der Waals surface area contributed by atoms with Gasteiger partial charge in [-0.3, -0.25) is 0 Å². The summed E-state index contributed by atoms with van der Waals surface area (Å²) in [5.41, 5.74) is 2.79. The van der Waals surface area contributed by atoms with Gasteiger partial charge in [0, 0.05) is 30.1 Å². The van der Waals surface area contributed by atoms with Crippen LogP contribution in [0.15, 0.2) is 29.2 Å². The summed E-state index contributed by atoms with van der Waals surface area (Å²) in [5, 5.41) is 3.38. The first-order chi connectivity index (χ1) is 9.14. The van der Waals surface area contributed by atoms with Crippen molar-refractivity contribution < 1.29 is 0 Å². The molecule has 1 heterocycles. The normalized spacial score (nSPS) is 10.1. The third kappa shape index (κ3) is 42.9. The van der Waals surface area contributed by atoms with Crippen LogP contribution in [0.2, 0.25) is 0 Å². The molecular weight excluding hydrogens is 372 g/mol. The van der Waals surface area contributed by atoms with E-state index in [0.717, 1.165) is 0 Å². The van der Waals surface area contributed by atoms with Crippen LogP contribution in [0.1, 0.15) is 80.1 Å². The predicted molar refractivity (Wildman–Crippen MR) is 97.2 cm³/mol. The van der Waals surface area contributed by atoms with Crippen molar-refractivity contribution in [3.8, 4) is 0 Å². The molecule has 1 aliphatic rings. The summed E-state index contributed by atoms with van der Waals surface area (Å²) < 4.78 is 0. The van der Waals surface area contributed by atoms with E-state index >= 15 is 0 Å². The van der Waals surface area contributed by atoms with Crippen LogP contribution in [0.3, 0.4) is 0 Å². The summed E-state index contributed by atoms with van der Waals surface area (Å²) in [5.74, 6) is 0. The van der Waals surface area contributed by atoms with Gasteiger partial charge in [-0.1, -0.05) is 91.7 Å². The molecule has 4 radical (unpaired) electrons. The monoisotopic (exact) mass is 407 g/mol. The molecule has 0 amide bonds. The Bertz CT molecular complexity index is 216. The Hall–Kier alpha value is 0.149. The van der Waals surface area contributed by atoms with Crippen molar-refractivity contribution in [2.24, 2.45) is 0 Å². The van der Waals surface area contributed by atoms with Gasteiger partial charge in [0.1, 0.15) is 5.16 Å². The Kier molecular flexibility index (Phi) is 44.6. The Balaban J connectivity index is -0.0000000881. The summed E-state index contributed by atoms with van der Waals surface area (Å²) in [7, 11) is 0. The molecule has 0 fully saturated rings. The van der Waals surface area contributed by atoms with E-state index in [1.54, 1.807) is 18.4 Å². The molecule has 0 aromatic rings. The SMILES string of the molecule is CCCC.CCCC.CCCC.ClC1=CC=C=CN1.[Sn]. The van der Waals surface area contributed by atoms with E-state index in [0.29, 0.717) is 5.16 Å². The number of rotatable bonds is 3. The molecule has 0 unspecified atom stereocenters. The molecule has 1 nitrogen and oxygen atoms in total. The molecular formula is C17H34ClNSn. The van der Waals surface area contributed by atoms with Gasteiger partial charge in [0.25, 0.3) is 0 Å². The first kappa shape index (κ1) is 28.3. The van der Waals surface area contributed by atoms with Crippen molar-refractivity contribution in [3.63, 3.8) is 0 Å². The van der Waals surface area contributed by atoms with Gasteiger partial charge in [-0.15, -0.1) is 5.73 Å². The second-order valence-corrected chi connectivity index (χ2v) is 4.54. The number of hydrogen-bond acceptors (Lipinski definition) is 1. The van der Waals surface area contributed by atoms with Crippen LogP contribution >= 0.6 is 11.6 Å². The van der Waals surface area contributed by atoms with Crippen LogP contribution < -0.4 is 5.32 Å². The van der Waals surface area contributed by atoms with E-state index in [4.69, 9.17) is 11.6 Å². The molecule has 0 saturated heterocycles. The Labute approximate surface area is 149 Å². The zero-order valence-corrected chi connectivity index (χ0v) is 18.0. The average molecular weight is 407 g/mol. The average Bonchev–Trinajstić information content (AvgIpc) is 2.48. The standard InChI is InChI=1S/C5H4ClN.3C4H10.Sn/c6-5-3-1-2-4-7-5;3*1-3-4-2;/h1,3-4,7H;3*3-4H2,1-2H3;. The quantitative estimate of drug-likeness (QED) is 0.326. The van der Waals surface area contributed by atoms with Crippen LogP contribution in [0.25, 0.3) is 0 Å². The van der Waals surface area contributed by atoms with Crippen LogP contribution in [-0.2, 0) is 0 Å². The number of unbranched alkanes of at least 4 members (excludes halogenated alkanes) is 3. The van der Waals surface area contributed by atoms with Gasteiger partial charge in [0.15, 0.2) is 0 Å². The maximum atomic E-state index is 5.46. The summed E-state index contributed by atoms with van der Waals surface area (Å²) in [6.07, 6.45) is 13.1. The van der Waals surface area contributed by atoms with Gasteiger partial charge in [0.2, 0.25) is 0 Å². The largest absolute Gasteiger partial charge is 0.346 e. The molecule has 1 N–H and O–H groups in total. The molecule has 3 heteroatoms. The smallest absolute Gasteiger partial charge is 0.107 e. The van der Waals surface area contributed by atoms with E-state index in [-0.39, 0.29) is 23.9 Å². The molecule has 1 aliphatic heterocycles. The molecule has 0 atom stereocenters. The maximum absolute atomic E-state index is 5.46. The molecule has 0 aromatic heterocycles. The van der Waals surface area contributed by atoms with Crippen molar-refractivity contribution in [2.75, 3.05) is 0 Å². The van der Waals surface area contributed by atoms with E-state index < -0.39 is 0 Å². The van der Waals surface area contributed by atoms with Gasteiger partial charge in [-0.25, -0.2) is 0 Å². The van der Waals surface area contributed by atoms with Gasteiger partial charge in [-0.2, -0.15) is 0 Å². The molecule has 118 valence electrons. The van der Waals surface area contributed by atoms with Crippen LogP contribution in [0.4, 0.5) is 0 Å². The summed E-state index contributed by atoms with van der Waals surface area (Å²) in [4.78, 5) is 0. The van der Waals surface area contributed by atoms with Crippen LogP contribution in [0, 0.1) is 0 Å². The number of hydrogen-bond donors (Lipinski definition) is 1. The fourth-order valence-electron chi connectivity index (χ4n) is 0.328. The van der Waals surface area contributed by atoms with Crippen molar-refractivity contribution in [1.82, 2.24) is 5.32 Å². The van der Waals surface area contributed by atoms with Gasteiger partial charge in [0.05, 0.1) is 0 Å². The molecule has 0 aliphatic carbocycles. The van der Waals surface area contributed by atoms with Crippen LogP contribution in [0.5, 0.6) is 0 Å². The molecule has 0 saturated carbocycles. The molecule has 0 spiro atoms. The second kappa shape index (κ2) is 31.5. The molecule has 0 aromatic carbocycles. The van der Waals surface area contributed by atoms with Gasteiger partial charge in [-0.05, 0) is 12.2 Å². The van der Waals surface area contributed by atoms with E-state index in [1.807, 2.05) is 0 Å². The number of nitrogens with one attached hydrogen (secondary N) is 1. The summed E-state index contributed by atoms with van der Waals surface area (Å²) in [6, 6.07) is 0. The van der Waals surface area contributed by atoms with Crippen molar-refractivity contribution in [3.05, 3.63) is 29.2 Å². The zero-order valence-electron chi connectivity index (χ0n) is 14.4. The van der Waals surface area contributed by atoms with Crippen molar-refractivity contribution in [1.29, 1.82) is 0 Å². The van der Waals surface area contributed by atoms with Gasteiger partial charge >= 0.3 is 0 Å². The Morgan fingerprint density at radius 2 is 1.20 bits per heavy atom.